The number of ether oxygens (including phenoxy) is 1. The van der Waals surface area contributed by atoms with E-state index < -0.39 is 42.5 Å². The second-order valence-electron chi connectivity index (χ2n) is 2.81. The zero-order chi connectivity index (χ0) is 12.9. The Bertz CT molecular complexity index is 295. The fourth-order valence-corrected chi connectivity index (χ4v) is 0.985. The van der Waals surface area contributed by atoms with Crippen molar-refractivity contribution in [1.82, 2.24) is 0 Å². The van der Waals surface area contributed by atoms with E-state index in [1.807, 2.05) is 0 Å². The van der Waals surface area contributed by atoms with Crippen molar-refractivity contribution in [2.24, 2.45) is 0 Å². The maximum atomic E-state index is 10.7. The molecule has 0 bridgehead atoms. The molecule has 0 heterocycles. The van der Waals surface area contributed by atoms with E-state index in [-0.39, 0.29) is 29.6 Å². The summed E-state index contributed by atoms with van der Waals surface area (Å²) < 4.78 is 3.88. The molecule has 0 radical (unpaired) electrons. The first-order valence-corrected chi connectivity index (χ1v) is 3.78. The van der Waals surface area contributed by atoms with Gasteiger partial charge in [-0.15, -0.1) is 0 Å². The number of carboxylic acids is 3. The van der Waals surface area contributed by atoms with Gasteiger partial charge in [0.05, 0.1) is 12.8 Å². The first-order chi connectivity index (χ1) is 7.19. The van der Waals surface area contributed by atoms with Crippen molar-refractivity contribution in [2.45, 2.75) is 18.4 Å². The molecule has 0 amide bonds. The number of carboxylic acid groups (broad SMARTS) is 4. The van der Waals surface area contributed by atoms with Crippen molar-refractivity contribution >= 4 is 24.1 Å². The van der Waals surface area contributed by atoms with E-state index >= 15 is 0 Å². The standard InChI is InChI=1S/C7H8O9.Na/c8-3(9)1-7(5(12)13,2-4(10)11)16-6(14)15;/h1-2H2,(H,8,9)(H,10,11)(H,12,13)(H,14,15);/q;+1. The Morgan fingerprint density at radius 2 is 1.24 bits per heavy atom. The molecular formula is C7H8NaO9+. The maximum Gasteiger partial charge on any atom is 1.00 e. The predicted molar refractivity (Wildman–Crippen MR) is 44.0 cm³/mol. The third-order valence-corrected chi connectivity index (χ3v) is 1.55. The van der Waals surface area contributed by atoms with Crippen LogP contribution in [0.3, 0.4) is 0 Å². The van der Waals surface area contributed by atoms with Crippen LogP contribution in [0.5, 0.6) is 0 Å². The van der Waals surface area contributed by atoms with Crippen LogP contribution in [0, 0.1) is 0 Å². The van der Waals surface area contributed by atoms with Crippen LogP contribution in [0.4, 0.5) is 4.79 Å². The molecule has 17 heavy (non-hydrogen) atoms. The Balaban J connectivity index is 0. The molecular weight excluding hydrogens is 251 g/mol. The van der Waals surface area contributed by atoms with Gasteiger partial charge in [-0.1, -0.05) is 0 Å². The Kier molecular flexibility index (Phi) is 7.53. The third-order valence-electron chi connectivity index (χ3n) is 1.55. The average Bonchev–Trinajstić information content (AvgIpc) is 1.98. The second kappa shape index (κ2) is 7.09. The molecule has 0 saturated carbocycles. The van der Waals surface area contributed by atoms with Gasteiger partial charge in [0.25, 0.3) is 0 Å². The van der Waals surface area contributed by atoms with Crippen LogP contribution in [0.1, 0.15) is 12.8 Å². The minimum atomic E-state index is -2.82. The van der Waals surface area contributed by atoms with Crippen LogP contribution in [0.25, 0.3) is 0 Å². The van der Waals surface area contributed by atoms with E-state index in [0.29, 0.717) is 0 Å². The molecule has 4 N–H and O–H groups in total. The molecule has 0 aromatic rings. The summed E-state index contributed by atoms with van der Waals surface area (Å²) in [6.45, 7) is 0. The van der Waals surface area contributed by atoms with Crippen LogP contribution in [0.2, 0.25) is 0 Å². The van der Waals surface area contributed by atoms with Gasteiger partial charge in [0.2, 0.25) is 5.60 Å². The van der Waals surface area contributed by atoms with Gasteiger partial charge >= 0.3 is 53.6 Å². The fourth-order valence-electron chi connectivity index (χ4n) is 0.985. The smallest absolute Gasteiger partial charge is 0.481 e. The van der Waals surface area contributed by atoms with Crippen LogP contribution in [-0.2, 0) is 19.1 Å². The summed E-state index contributed by atoms with van der Waals surface area (Å²) in [7, 11) is 0. The molecule has 0 unspecified atom stereocenters. The molecule has 90 valence electrons. The summed E-state index contributed by atoms with van der Waals surface area (Å²) >= 11 is 0. The Morgan fingerprint density at radius 3 is 1.41 bits per heavy atom. The maximum absolute atomic E-state index is 10.7. The third kappa shape index (κ3) is 6.09. The van der Waals surface area contributed by atoms with E-state index in [1.54, 1.807) is 0 Å². The number of hydrogen-bond acceptors (Lipinski definition) is 5. The minimum absolute atomic E-state index is 0. The van der Waals surface area contributed by atoms with Gasteiger partial charge in [0, 0.05) is 0 Å². The number of aliphatic carboxylic acids is 3. The number of rotatable bonds is 6. The van der Waals surface area contributed by atoms with Gasteiger partial charge in [-0.25, -0.2) is 9.59 Å². The molecule has 0 atom stereocenters. The molecule has 0 aromatic heterocycles. The van der Waals surface area contributed by atoms with Crippen LogP contribution >= 0.6 is 0 Å². The molecule has 10 heteroatoms. The van der Waals surface area contributed by atoms with E-state index in [9.17, 15) is 19.2 Å². The van der Waals surface area contributed by atoms with Crippen molar-refractivity contribution in [3.63, 3.8) is 0 Å². The van der Waals surface area contributed by atoms with E-state index in [2.05, 4.69) is 4.74 Å². The number of carbonyl (C=O) groups is 4. The summed E-state index contributed by atoms with van der Waals surface area (Å²) in [4.78, 5) is 41.6. The van der Waals surface area contributed by atoms with Gasteiger partial charge in [-0.3, -0.25) is 9.59 Å². The predicted octanol–water partition coefficient (Wildman–Crippen LogP) is -3.54. The van der Waals surface area contributed by atoms with Crippen LogP contribution < -0.4 is 29.6 Å². The topological polar surface area (TPSA) is 158 Å². The quantitative estimate of drug-likeness (QED) is 0.280. The molecule has 0 saturated heterocycles. The fraction of sp³-hybridized carbons (Fsp3) is 0.429. The Morgan fingerprint density at radius 1 is 0.882 bits per heavy atom. The zero-order valence-corrected chi connectivity index (χ0v) is 10.7. The molecule has 0 fully saturated rings. The van der Waals surface area contributed by atoms with Crippen molar-refractivity contribution in [3.8, 4) is 0 Å². The van der Waals surface area contributed by atoms with Gasteiger partial charge in [-0.05, 0) is 0 Å². The first-order valence-electron chi connectivity index (χ1n) is 3.78. The van der Waals surface area contributed by atoms with Gasteiger partial charge in [0.15, 0.2) is 0 Å². The van der Waals surface area contributed by atoms with Gasteiger partial charge in [0.1, 0.15) is 0 Å². The Labute approximate surface area is 116 Å². The molecule has 0 spiro atoms. The summed E-state index contributed by atoms with van der Waals surface area (Å²) in [6, 6.07) is 0. The minimum Gasteiger partial charge on any atom is -0.481 e. The number of hydrogen-bond donors (Lipinski definition) is 4. The molecule has 0 rings (SSSR count). The van der Waals surface area contributed by atoms with E-state index in [4.69, 9.17) is 20.4 Å². The zero-order valence-electron chi connectivity index (χ0n) is 8.74. The average molecular weight is 259 g/mol. The van der Waals surface area contributed by atoms with Crippen molar-refractivity contribution < 1.29 is 73.9 Å². The van der Waals surface area contributed by atoms with Gasteiger partial charge in [-0.2, -0.15) is 0 Å². The second-order valence-corrected chi connectivity index (χ2v) is 2.81. The van der Waals surface area contributed by atoms with Crippen LogP contribution in [-0.4, -0.2) is 50.1 Å². The first kappa shape index (κ1) is 18.1. The SMILES string of the molecule is O=C(O)CC(CC(=O)O)(OC(=O)O)C(=O)O.[Na+]. The molecule has 0 aliphatic carbocycles. The molecule has 0 aromatic carbocycles. The largest absolute Gasteiger partial charge is 1.00 e. The molecule has 9 nitrogen and oxygen atoms in total. The van der Waals surface area contributed by atoms with Gasteiger partial charge < -0.3 is 25.2 Å². The molecule has 0 aliphatic rings. The summed E-state index contributed by atoms with van der Waals surface area (Å²) in [6.07, 6.45) is -4.62. The van der Waals surface area contributed by atoms with E-state index in [0.717, 1.165) is 0 Å². The van der Waals surface area contributed by atoms with E-state index in [1.165, 1.54) is 0 Å². The van der Waals surface area contributed by atoms with Crippen molar-refractivity contribution in [2.75, 3.05) is 0 Å². The monoisotopic (exact) mass is 259 g/mol. The summed E-state index contributed by atoms with van der Waals surface area (Å²) in [5.74, 6) is -5.35. The van der Waals surface area contributed by atoms with Crippen molar-refractivity contribution in [1.29, 1.82) is 0 Å². The molecule has 0 aliphatic heterocycles. The normalized spacial score (nSPS) is 9.88. The summed E-state index contributed by atoms with van der Waals surface area (Å²) in [5, 5.41) is 33.7. The summed E-state index contributed by atoms with van der Waals surface area (Å²) in [5.41, 5.74) is -2.82. The van der Waals surface area contributed by atoms with Crippen molar-refractivity contribution in [3.05, 3.63) is 0 Å². The van der Waals surface area contributed by atoms with Crippen LogP contribution in [0.15, 0.2) is 0 Å². The Hall–Kier alpha value is -1.32.